The van der Waals surface area contributed by atoms with E-state index in [1.54, 1.807) is 45.0 Å². The van der Waals surface area contributed by atoms with Crippen LogP contribution in [0.15, 0.2) is 60.4 Å². The van der Waals surface area contributed by atoms with Gasteiger partial charge in [-0.25, -0.2) is 4.79 Å². The van der Waals surface area contributed by atoms with Gasteiger partial charge in [-0.3, -0.25) is 14.9 Å². The van der Waals surface area contributed by atoms with E-state index in [2.05, 4.69) is 10.6 Å². The Morgan fingerprint density at radius 3 is 2.29 bits per heavy atom. The van der Waals surface area contributed by atoms with Crippen molar-refractivity contribution in [2.75, 3.05) is 6.54 Å². The number of aliphatic hydroxyl groups excluding tert-OH is 1. The van der Waals surface area contributed by atoms with Gasteiger partial charge >= 0.3 is 6.09 Å². The first-order valence-corrected chi connectivity index (χ1v) is 10.4. The lowest BCUT2D eigenvalue weighted by molar-refractivity contribution is -0.384. The summed E-state index contributed by atoms with van der Waals surface area (Å²) in [6, 6.07) is 15.0. The zero-order valence-electron chi connectivity index (χ0n) is 19.1. The van der Waals surface area contributed by atoms with Crippen LogP contribution >= 0.6 is 0 Å². The van der Waals surface area contributed by atoms with Crippen molar-refractivity contribution in [2.45, 2.75) is 38.8 Å². The molecule has 0 aromatic heterocycles. The average molecular weight is 466 g/mol. The molecule has 0 aliphatic heterocycles. The highest BCUT2D eigenvalue weighted by Crippen LogP contribution is 2.23. The fourth-order valence-electron chi connectivity index (χ4n) is 2.97. The number of rotatable bonds is 8. The van der Waals surface area contributed by atoms with Gasteiger partial charge in [0, 0.05) is 12.1 Å². The van der Waals surface area contributed by atoms with E-state index in [0.29, 0.717) is 0 Å². The molecule has 2 aromatic rings. The second-order valence-corrected chi connectivity index (χ2v) is 8.34. The number of non-ortho nitro benzene ring substituents is 1. The highest BCUT2D eigenvalue weighted by molar-refractivity contribution is 5.84. The zero-order valence-corrected chi connectivity index (χ0v) is 19.1. The van der Waals surface area contributed by atoms with Crippen LogP contribution in [0.25, 0.3) is 5.57 Å². The van der Waals surface area contributed by atoms with Crippen LogP contribution in [-0.2, 0) is 16.0 Å². The van der Waals surface area contributed by atoms with Gasteiger partial charge in [-0.15, -0.1) is 0 Å². The van der Waals surface area contributed by atoms with Crippen LogP contribution in [0.2, 0.25) is 0 Å². The Kier molecular flexibility index (Phi) is 8.72. The summed E-state index contributed by atoms with van der Waals surface area (Å²) >= 11 is 0. The van der Waals surface area contributed by atoms with E-state index >= 15 is 0 Å². The van der Waals surface area contributed by atoms with Gasteiger partial charge in [-0.1, -0.05) is 30.3 Å². The maximum atomic E-state index is 12.5. The molecule has 2 rings (SSSR count). The maximum Gasteiger partial charge on any atom is 0.408 e. The lowest BCUT2D eigenvalue weighted by atomic mass is 9.97. The van der Waals surface area contributed by atoms with Gasteiger partial charge in [-0.05, 0) is 50.5 Å². The Labute approximate surface area is 197 Å². The number of allylic oxidation sites excluding steroid dienone is 1. The summed E-state index contributed by atoms with van der Waals surface area (Å²) in [5, 5.41) is 36.5. The second-order valence-electron chi connectivity index (χ2n) is 8.34. The number of aliphatic hydroxyl groups is 1. The lowest BCUT2D eigenvalue weighted by Crippen LogP contribution is -2.45. The highest BCUT2D eigenvalue weighted by Gasteiger charge is 2.23. The molecule has 0 saturated heterocycles. The third kappa shape index (κ3) is 7.94. The van der Waals surface area contributed by atoms with Gasteiger partial charge in [0.1, 0.15) is 24.0 Å². The number of carbonyl (C=O) groups is 2. The Hall–Kier alpha value is -4.39. The number of hydrogen-bond acceptors (Lipinski definition) is 7. The van der Waals surface area contributed by atoms with Crippen molar-refractivity contribution in [1.82, 2.24) is 10.6 Å². The summed E-state index contributed by atoms with van der Waals surface area (Å²) in [6.07, 6.45) is -0.617. The number of nitro benzene ring substituents is 1. The Bertz CT molecular complexity index is 1100. The first-order valence-electron chi connectivity index (χ1n) is 10.4. The molecule has 0 bridgehead atoms. The van der Waals surface area contributed by atoms with E-state index in [0.717, 1.165) is 5.56 Å². The van der Waals surface area contributed by atoms with Crippen molar-refractivity contribution < 1.29 is 24.4 Å². The van der Waals surface area contributed by atoms with Crippen LogP contribution in [0.3, 0.4) is 0 Å². The van der Waals surface area contributed by atoms with Crippen LogP contribution < -0.4 is 10.6 Å². The summed E-state index contributed by atoms with van der Waals surface area (Å²) in [6.45, 7) is 4.65. The smallest absolute Gasteiger partial charge is 0.408 e. The van der Waals surface area contributed by atoms with Crippen LogP contribution in [-0.4, -0.2) is 40.2 Å². The fourth-order valence-corrected chi connectivity index (χ4v) is 2.97. The molecular weight excluding hydrogens is 440 g/mol. The normalized spacial score (nSPS) is 12.5. The predicted molar refractivity (Wildman–Crippen MR) is 125 cm³/mol. The monoisotopic (exact) mass is 466 g/mol. The minimum atomic E-state index is -1.000. The molecule has 0 saturated carbocycles. The van der Waals surface area contributed by atoms with Crippen molar-refractivity contribution in [3.8, 4) is 6.07 Å². The van der Waals surface area contributed by atoms with Gasteiger partial charge in [-0.2, -0.15) is 5.26 Å². The molecule has 0 spiro atoms. The van der Waals surface area contributed by atoms with Crippen molar-refractivity contribution in [1.29, 1.82) is 5.26 Å². The number of nitrogens with zero attached hydrogens (tertiary/aromatic N) is 2. The molecule has 1 atom stereocenters. The topological polar surface area (TPSA) is 155 Å². The van der Waals surface area contributed by atoms with Crippen LogP contribution in [0.5, 0.6) is 0 Å². The standard InChI is InChI=1S/C24H26N4O6/c1-24(2,3)34-23(31)26-15-21(29)27-20(13-16-7-5-4-6-8-16)22(30)19(14-25)17-9-11-18(12-10-17)28(32)33/h4-12,20,30H,13,15H2,1-3H3,(H,26,31)(H,27,29)/b22-19-/t20-/m0/s1. The fraction of sp³-hybridized carbons (Fsp3) is 0.292. The summed E-state index contributed by atoms with van der Waals surface area (Å²) in [5.74, 6) is -1.02. The molecule has 0 fully saturated rings. The van der Waals surface area contributed by atoms with Crippen molar-refractivity contribution in [2.24, 2.45) is 0 Å². The van der Waals surface area contributed by atoms with Crippen LogP contribution in [0.4, 0.5) is 10.5 Å². The SMILES string of the molecule is CC(C)(C)OC(=O)NCC(=O)N[C@@H](Cc1ccccc1)/C(O)=C(\C#N)c1ccc([N+](=O)[O-])cc1. The minimum absolute atomic E-state index is 0.142. The number of benzene rings is 2. The number of nitriles is 1. The zero-order chi connectivity index (χ0) is 25.3. The molecule has 0 aliphatic rings. The second kappa shape index (κ2) is 11.5. The van der Waals surface area contributed by atoms with Crippen LogP contribution in [0, 0.1) is 21.4 Å². The molecule has 34 heavy (non-hydrogen) atoms. The van der Waals surface area contributed by atoms with Crippen molar-refractivity contribution >= 4 is 23.3 Å². The Morgan fingerprint density at radius 1 is 1.15 bits per heavy atom. The largest absolute Gasteiger partial charge is 0.509 e. The van der Waals surface area contributed by atoms with Gasteiger partial charge < -0.3 is 20.5 Å². The third-order valence-corrected chi connectivity index (χ3v) is 4.47. The lowest BCUT2D eigenvalue weighted by Gasteiger charge is -2.21. The first-order chi connectivity index (χ1) is 16.0. The molecule has 2 amide bonds. The van der Waals surface area contributed by atoms with Gasteiger partial charge in [0.2, 0.25) is 5.91 Å². The van der Waals surface area contributed by atoms with Crippen LogP contribution in [0.1, 0.15) is 31.9 Å². The number of alkyl carbamates (subject to hydrolysis) is 1. The number of nitro groups is 1. The summed E-state index contributed by atoms with van der Waals surface area (Å²) < 4.78 is 5.10. The number of ether oxygens (including phenoxy) is 1. The molecule has 0 radical (unpaired) electrons. The van der Waals surface area contributed by atoms with E-state index in [-0.39, 0.29) is 23.2 Å². The summed E-state index contributed by atoms with van der Waals surface area (Å²) in [7, 11) is 0. The molecule has 0 aliphatic carbocycles. The third-order valence-electron chi connectivity index (χ3n) is 4.47. The molecule has 3 N–H and O–H groups in total. The van der Waals surface area contributed by atoms with Gasteiger partial charge in [0.25, 0.3) is 5.69 Å². The summed E-state index contributed by atoms with van der Waals surface area (Å²) in [4.78, 5) is 34.7. The number of carbonyl (C=O) groups excluding carboxylic acids is 2. The number of nitrogens with one attached hydrogen (secondary N) is 2. The highest BCUT2D eigenvalue weighted by atomic mass is 16.6. The average Bonchev–Trinajstić information content (AvgIpc) is 2.77. The molecule has 10 nitrogen and oxygen atoms in total. The van der Waals surface area contributed by atoms with E-state index in [4.69, 9.17) is 4.74 Å². The van der Waals surface area contributed by atoms with Gasteiger partial charge in [0.15, 0.2) is 0 Å². The predicted octanol–water partition coefficient (Wildman–Crippen LogP) is 3.64. The minimum Gasteiger partial charge on any atom is -0.509 e. The molecular formula is C24H26N4O6. The molecule has 178 valence electrons. The Morgan fingerprint density at radius 2 is 1.76 bits per heavy atom. The van der Waals surface area contributed by atoms with E-state index in [1.807, 2.05) is 12.1 Å². The molecule has 0 heterocycles. The van der Waals surface area contributed by atoms with Gasteiger partial charge in [0.05, 0.1) is 16.5 Å². The summed E-state index contributed by atoms with van der Waals surface area (Å²) in [5.41, 5.74) is -0.00603. The van der Waals surface area contributed by atoms with E-state index in [9.17, 15) is 30.1 Å². The molecule has 2 aromatic carbocycles. The number of amides is 2. The van der Waals surface area contributed by atoms with Crippen molar-refractivity contribution in [3.05, 3.63) is 81.6 Å². The quantitative estimate of drug-likeness (QED) is 0.232. The molecule has 10 heteroatoms. The maximum absolute atomic E-state index is 12.5. The number of hydrogen-bond donors (Lipinski definition) is 3. The van der Waals surface area contributed by atoms with E-state index in [1.165, 1.54) is 24.3 Å². The Balaban J connectivity index is 2.27. The van der Waals surface area contributed by atoms with Crippen molar-refractivity contribution in [3.63, 3.8) is 0 Å². The van der Waals surface area contributed by atoms with E-state index < -0.39 is 40.9 Å². The molecule has 0 unspecified atom stereocenters. The first kappa shape index (κ1) is 25.9.